The van der Waals surface area contributed by atoms with Crippen molar-refractivity contribution < 1.29 is 19.3 Å². The molecular weight excluding hydrogens is 398 g/mol. The van der Waals surface area contributed by atoms with Crippen LogP contribution in [0.4, 0.5) is 5.82 Å². The molecule has 1 aliphatic carbocycles. The number of benzene rings is 1. The monoisotopic (exact) mass is 423 g/mol. The zero-order valence-electron chi connectivity index (χ0n) is 17.6. The molecule has 4 heterocycles. The van der Waals surface area contributed by atoms with Crippen molar-refractivity contribution in [3.8, 4) is 17.2 Å². The number of nitrogens with zero attached hydrogens (tertiary/aromatic N) is 5. The van der Waals surface area contributed by atoms with Crippen LogP contribution in [-0.2, 0) is 7.05 Å². The molecule has 3 aromatic rings. The minimum absolute atomic E-state index is 0.233. The fraction of sp³-hybridized carbons (Fsp3) is 0.500. The Labute approximate surface area is 179 Å². The number of hydrogen-bond donors (Lipinski definition) is 1. The highest BCUT2D eigenvalue weighted by molar-refractivity contribution is 5.87. The fourth-order valence-electron chi connectivity index (χ4n) is 5.17. The molecule has 9 nitrogen and oxygen atoms in total. The van der Waals surface area contributed by atoms with Crippen molar-refractivity contribution in [3.63, 3.8) is 0 Å². The summed E-state index contributed by atoms with van der Waals surface area (Å²) in [5, 5.41) is 16.1. The van der Waals surface area contributed by atoms with Gasteiger partial charge in [0.2, 0.25) is 6.79 Å². The smallest absolute Gasteiger partial charge is 0.231 e. The average Bonchev–Trinajstić information content (AvgIpc) is 3.46. The third kappa shape index (κ3) is 3.15. The van der Waals surface area contributed by atoms with Gasteiger partial charge >= 0.3 is 0 Å². The van der Waals surface area contributed by atoms with Crippen LogP contribution in [0.3, 0.4) is 0 Å². The zero-order chi connectivity index (χ0) is 21.1. The molecule has 6 rings (SSSR count). The molecule has 31 heavy (non-hydrogen) atoms. The molecule has 0 amide bonds. The minimum atomic E-state index is -0.503. The largest absolute Gasteiger partial charge is 0.488 e. The van der Waals surface area contributed by atoms with Crippen LogP contribution >= 0.6 is 0 Å². The second-order valence-electron chi connectivity index (χ2n) is 8.74. The van der Waals surface area contributed by atoms with Crippen LogP contribution in [0.2, 0.25) is 0 Å². The van der Waals surface area contributed by atoms with Crippen LogP contribution in [0.15, 0.2) is 24.4 Å². The molecule has 2 fully saturated rings. The quantitative estimate of drug-likeness (QED) is 0.684. The fourth-order valence-corrected chi connectivity index (χ4v) is 5.17. The Morgan fingerprint density at radius 3 is 2.77 bits per heavy atom. The zero-order valence-corrected chi connectivity index (χ0v) is 17.6. The van der Waals surface area contributed by atoms with Gasteiger partial charge in [0.15, 0.2) is 17.1 Å². The summed E-state index contributed by atoms with van der Waals surface area (Å²) in [7, 11) is 1.90. The van der Waals surface area contributed by atoms with Crippen molar-refractivity contribution in [2.75, 3.05) is 24.8 Å². The molecule has 1 saturated carbocycles. The molecule has 4 atom stereocenters. The van der Waals surface area contributed by atoms with Gasteiger partial charge in [-0.15, -0.1) is 0 Å². The molecule has 1 saturated heterocycles. The second-order valence-corrected chi connectivity index (χ2v) is 8.74. The predicted molar refractivity (Wildman–Crippen MR) is 112 cm³/mol. The highest BCUT2D eigenvalue weighted by Crippen LogP contribution is 2.41. The molecule has 0 unspecified atom stereocenters. The third-order valence-electron chi connectivity index (χ3n) is 6.70. The van der Waals surface area contributed by atoms with Crippen LogP contribution in [0.5, 0.6) is 17.2 Å². The minimum Gasteiger partial charge on any atom is -0.488 e. The first-order valence-corrected chi connectivity index (χ1v) is 10.7. The van der Waals surface area contributed by atoms with Crippen LogP contribution in [0.1, 0.15) is 18.7 Å². The van der Waals surface area contributed by atoms with Crippen LogP contribution in [0.25, 0.3) is 11.0 Å². The van der Waals surface area contributed by atoms with Gasteiger partial charge in [0, 0.05) is 26.2 Å². The van der Waals surface area contributed by atoms with E-state index in [2.05, 4.69) is 15.0 Å². The van der Waals surface area contributed by atoms with Crippen molar-refractivity contribution >= 4 is 16.9 Å². The molecule has 2 aromatic heterocycles. The lowest BCUT2D eigenvalue weighted by Crippen LogP contribution is -2.42. The van der Waals surface area contributed by atoms with E-state index < -0.39 is 6.10 Å². The van der Waals surface area contributed by atoms with E-state index in [0.717, 1.165) is 54.4 Å². The van der Waals surface area contributed by atoms with Gasteiger partial charge in [-0.2, -0.15) is 5.10 Å². The van der Waals surface area contributed by atoms with Crippen molar-refractivity contribution in [1.29, 1.82) is 0 Å². The van der Waals surface area contributed by atoms with Gasteiger partial charge in [0.25, 0.3) is 0 Å². The van der Waals surface area contributed by atoms with Crippen molar-refractivity contribution in [2.24, 2.45) is 18.9 Å². The van der Waals surface area contributed by atoms with Crippen molar-refractivity contribution in [3.05, 3.63) is 30.2 Å². The number of aromatic nitrogens is 4. The number of fused-ring (bicyclic) bond motifs is 3. The first-order valence-electron chi connectivity index (χ1n) is 10.7. The van der Waals surface area contributed by atoms with E-state index in [4.69, 9.17) is 19.2 Å². The standard InChI is InChI=1S/C22H25N5O4/c1-12-24-21-16(8-23-26(21)2)22(25-12)27-9-13-5-17(28)19(6-14(13)10-27)31-15-3-4-18-20(7-15)30-11-29-18/h3-4,7-8,13-14,17,19,28H,5-6,9-11H2,1-2H3/t13-,14+,17+,19+/m0/s1. The maximum absolute atomic E-state index is 10.8. The van der Waals surface area contributed by atoms with Gasteiger partial charge in [-0.1, -0.05) is 0 Å². The maximum atomic E-state index is 10.8. The average molecular weight is 423 g/mol. The van der Waals surface area contributed by atoms with Gasteiger partial charge in [-0.05, 0) is 43.7 Å². The SMILES string of the molecule is Cc1nc(N2C[C@H]3C[C@@H](Oc4ccc5c(c4)OCO5)[C@H](O)C[C@H]3C2)c2cnn(C)c2n1. The number of anilines is 1. The van der Waals surface area contributed by atoms with Crippen molar-refractivity contribution in [1.82, 2.24) is 19.7 Å². The molecule has 1 N–H and O–H groups in total. The number of aliphatic hydroxyl groups excluding tert-OH is 1. The molecule has 0 spiro atoms. The molecule has 3 aliphatic rings. The summed E-state index contributed by atoms with van der Waals surface area (Å²) in [6.07, 6.45) is 2.62. The highest BCUT2D eigenvalue weighted by atomic mass is 16.7. The number of hydrogen-bond acceptors (Lipinski definition) is 8. The Bertz CT molecular complexity index is 1150. The highest BCUT2D eigenvalue weighted by Gasteiger charge is 2.43. The molecule has 1 aromatic carbocycles. The number of rotatable bonds is 3. The van der Waals surface area contributed by atoms with Crippen LogP contribution < -0.4 is 19.1 Å². The second kappa shape index (κ2) is 6.98. The predicted octanol–water partition coefficient (Wildman–Crippen LogP) is 2.06. The maximum Gasteiger partial charge on any atom is 0.231 e. The normalized spacial score (nSPS) is 27.0. The van der Waals surface area contributed by atoms with E-state index >= 15 is 0 Å². The Hall–Kier alpha value is -3.07. The van der Waals surface area contributed by atoms with Gasteiger partial charge in [-0.3, -0.25) is 4.68 Å². The van der Waals surface area contributed by atoms with Crippen molar-refractivity contribution in [2.45, 2.75) is 32.0 Å². The van der Waals surface area contributed by atoms with Gasteiger partial charge in [-0.25, -0.2) is 9.97 Å². The summed E-state index contributed by atoms with van der Waals surface area (Å²) in [4.78, 5) is 11.6. The topological polar surface area (TPSA) is 94.8 Å². The molecule has 162 valence electrons. The Morgan fingerprint density at radius 1 is 1.10 bits per heavy atom. The summed E-state index contributed by atoms with van der Waals surface area (Å²) in [5.74, 6) is 4.64. The molecular formula is C22H25N5O4. The first-order chi connectivity index (χ1) is 15.0. The number of aliphatic hydroxyl groups is 1. The summed E-state index contributed by atoms with van der Waals surface area (Å²) in [6.45, 7) is 3.91. The van der Waals surface area contributed by atoms with E-state index in [-0.39, 0.29) is 12.9 Å². The third-order valence-corrected chi connectivity index (χ3v) is 6.70. The van der Waals surface area contributed by atoms with E-state index in [1.54, 1.807) is 4.68 Å². The van der Waals surface area contributed by atoms with E-state index in [1.807, 2.05) is 38.4 Å². The van der Waals surface area contributed by atoms with E-state index in [1.165, 1.54) is 0 Å². The summed E-state index contributed by atoms with van der Waals surface area (Å²) >= 11 is 0. The van der Waals surface area contributed by atoms with Gasteiger partial charge < -0.3 is 24.2 Å². The molecule has 9 heteroatoms. The molecule has 0 bridgehead atoms. The Kier molecular flexibility index (Phi) is 4.21. The van der Waals surface area contributed by atoms with E-state index in [0.29, 0.717) is 23.3 Å². The summed E-state index contributed by atoms with van der Waals surface area (Å²) in [6, 6.07) is 5.56. The molecule has 0 radical (unpaired) electrons. The first kappa shape index (κ1) is 18.7. The van der Waals surface area contributed by atoms with Crippen LogP contribution in [0, 0.1) is 18.8 Å². The van der Waals surface area contributed by atoms with Crippen LogP contribution in [-0.4, -0.2) is 56.9 Å². The molecule has 2 aliphatic heterocycles. The summed E-state index contributed by atoms with van der Waals surface area (Å²) in [5.41, 5.74) is 0.849. The van der Waals surface area contributed by atoms with Gasteiger partial charge in [0.1, 0.15) is 23.5 Å². The summed E-state index contributed by atoms with van der Waals surface area (Å²) < 4.78 is 18.8. The number of ether oxygens (including phenoxy) is 3. The Balaban J connectivity index is 1.21. The lowest BCUT2D eigenvalue weighted by Gasteiger charge is -2.35. The lowest BCUT2D eigenvalue weighted by molar-refractivity contribution is -0.0232. The number of aryl methyl sites for hydroxylation is 2. The van der Waals surface area contributed by atoms with Gasteiger partial charge in [0.05, 0.1) is 17.7 Å². The van der Waals surface area contributed by atoms with E-state index in [9.17, 15) is 5.11 Å². The lowest BCUT2D eigenvalue weighted by atomic mass is 9.78. The Morgan fingerprint density at radius 2 is 1.90 bits per heavy atom.